The van der Waals surface area contributed by atoms with Crippen molar-refractivity contribution in [1.29, 1.82) is 0 Å². The lowest BCUT2D eigenvalue weighted by molar-refractivity contribution is 0.262. The minimum Gasteiger partial charge on any atom is -0.495 e. The van der Waals surface area contributed by atoms with Crippen LogP contribution in [0.25, 0.3) is 16.9 Å². The molecule has 0 aliphatic carbocycles. The van der Waals surface area contributed by atoms with Crippen LogP contribution in [-0.4, -0.2) is 22.5 Å². The van der Waals surface area contributed by atoms with Crippen LogP contribution in [0.2, 0.25) is 0 Å². The van der Waals surface area contributed by atoms with Crippen LogP contribution in [0.3, 0.4) is 0 Å². The predicted molar refractivity (Wildman–Crippen MR) is 111 cm³/mol. The zero-order valence-corrected chi connectivity index (χ0v) is 15.6. The Balaban J connectivity index is 1.70. The summed E-state index contributed by atoms with van der Waals surface area (Å²) in [5.74, 6) is 1.20. The SMILES string of the molecule is COc1ccccc1NC(=O)Nc1c(-c2ccc(C)cc2)nc2ccccn12. The molecule has 4 rings (SSSR count). The van der Waals surface area contributed by atoms with E-state index in [1.165, 1.54) is 0 Å². The van der Waals surface area contributed by atoms with Gasteiger partial charge in [0.05, 0.1) is 12.8 Å². The lowest BCUT2D eigenvalue weighted by Gasteiger charge is -2.12. The van der Waals surface area contributed by atoms with Gasteiger partial charge in [0.2, 0.25) is 0 Å². The van der Waals surface area contributed by atoms with Gasteiger partial charge in [0.1, 0.15) is 22.9 Å². The van der Waals surface area contributed by atoms with Gasteiger partial charge < -0.3 is 10.1 Å². The number of anilines is 2. The van der Waals surface area contributed by atoms with E-state index in [2.05, 4.69) is 10.6 Å². The summed E-state index contributed by atoms with van der Waals surface area (Å²) in [4.78, 5) is 17.4. The second-order valence-corrected chi connectivity index (χ2v) is 6.38. The number of carbonyl (C=O) groups is 1. The van der Waals surface area contributed by atoms with Crippen molar-refractivity contribution in [2.45, 2.75) is 6.92 Å². The van der Waals surface area contributed by atoms with Crippen molar-refractivity contribution < 1.29 is 9.53 Å². The van der Waals surface area contributed by atoms with E-state index in [4.69, 9.17) is 9.72 Å². The first-order valence-electron chi connectivity index (χ1n) is 8.91. The van der Waals surface area contributed by atoms with Crippen LogP contribution >= 0.6 is 0 Å². The number of nitrogens with zero attached hydrogens (tertiary/aromatic N) is 2. The number of methoxy groups -OCH3 is 1. The van der Waals surface area contributed by atoms with Gasteiger partial charge in [-0.25, -0.2) is 9.78 Å². The Bertz CT molecular complexity index is 1130. The van der Waals surface area contributed by atoms with Gasteiger partial charge in [0.15, 0.2) is 0 Å². The number of pyridine rings is 1. The Kier molecular flexibility index (Phi) is 4.68. The van der Waals surface area contributed by atoms with Crippen molar-refractivity contribution in [1.82, 2.24) is 9.38 Å². The highest BCUT2D eigenvalue weighted by atomic mass is 16.5. The molecule has 0 aliphatic rings. The number of urea groups is 1. The molecule has 0 saturated heterocycles. The number of aryl methyl sites for hydroxylation is 1. The molecular weight excluding hydrogens is 352 g/mol. The van der Waals surface area contributed by atoms with E-state index >= 15 is 0 Å². The van der Waals surface area contributed by atoms with Gasteiger partial charge in [-0.15, -0.1) is 0 Å². The molecule has 0 spiro atoms. The average Bonchev–Trinajstić information content (AvgIpc) is 3.07. The maximum Gasteiger partial charge on any atom is 0.324 e. The van der Waals surface area contributed by atoms with Crippen molar-refractivity contribution in [3.8, 4) is 17.0 Å². The molecule has 2 aromatic heterocycles. The smallest absolute Gasteiger partial charge is 0.324 e. The fourth-order valence-corrected chi connectivity index (χ4v) is 3.04. The highest BCUT2D eigenvalue weighted by Gasteiger charge is 2.17. The molecule has 0 saturated carbocycles. The number of benzene rings is 2. The van der Waals surface area contributed by atoms with Gasteiger partial charge >= 0.3 is 6.03 Å². The summed E-state index contributed by atoms with van der Waals surface area (Å²) in [5.41, 5.74) is 4.15. The summed E-state index contributed by atoms with van der Waals surface area (Å²) < 4.78 is 7.15. The summed E-state index contributed by atoms with van der Waals surface area (Å²) in [7, 11) is 1.57. The molecule has 6 nitrogen and oxygen atoms in total. The lowest BCUT2D eigenvalue weighted by atomic mass is 10.1. The van der Waals surface area contributed by atoms with E-state index in [-0.39, 0.29) is 6.03 Å². The molecule has 140 valence electrons. The van der Waals surface area contributed by atoms with Crippen LogP contribution in [0.5, 0.6) is 5.75 Å². The second kappa shape index (κ2) is 7.44. The van der Waals surface area contributed by atoms with Gasteiger partial charge in [0.25, 0.3) is 0 Å². The number of carbonyl (C=O) groups excluding carboxylic acids is 1. The number of hydrogen-bond acceptors (Lipinski definition) is 3. The molecule has 4 aromatic rings. The van der Waals surface area contributed by atoms with Crippen LogP contribution in [0.15, 0.2) is 72.9 Å². The minimum absolute atomic E-state index is 0.372. The van der Waals surface area contributed by atoms with Crippen LogP contribution < -0.4 is 15.4 Å². The van der Waals surface area contributed by atoms with Crippen molar-refractivity contribution >= 4 is 23.2 Å². The predicted octanol–water partition coefficient (Wildman–Crippen LogP) is 4.96. The van der Waals surface area contributed by atoms with Crippen molar-refractivity contribution in [3.05, 3.63) is 78.5 Å². The largest absolute Gasteiger partial charge is 0.495 e. The number of para-hydroxylation sites is 2. The first-order valence-corrected chi connectivity index (χ1v) is 8.91. The Morgan fingerprint density at radius 1 is 0.964 bits per heavy atom. The number of fused-ring (bicyclic) bond motifs is 1. The van der Waals surface area contributed by atoms with Crippen LogP contribution in [0.1, 0.15) is 5.56 Å². The van der Waals surface area contributed by atoms with Gasteiger partial charge in [-0.3, -0.25) is 9.72 Å². The van der Waals surface area contributed by atoms with Crippen molar-refractivity contribution in [3.63, 3.8) is 0 Å². The first kappa shape index (κ1) is 17.6. The Hall–Kier alpha value is -3.80. The Morgan fingerprint density at radius 2 is 1.71 bits per heavy atom. The fourth-order valence-electron chi connectivity index (χ4n) is 3.04. The fraction of sp³-hybridized carbons (Fsp3) is 0.0909. The third-order valence-electron chi connectivity index (χ3n) is 4.44. The first-order chi connectivity index (χ1) is 13.7. The molecule has 6 heteroatoms. The number of imidazole rings is 1. The topological polar surface area (TPSA) is 67.7 Å². The van der Waals surface area contributed by atoms with Crippen LogP contribution in [0, 0.1) is 6.92 Å². The van der Waals surface area contributed by atoms with Crippen molar-refractivity contribution in [2.24, 2.45) is 0 Å². The molecular formula is C22H20N4O2. The summed E-state index contributed by atoms with van der Waals surface area (Å²) in [6.07, 6.45) is 1.87. The van der Waals surface area contributed by atoms with E-state index in [0.29, 0.717) is 22.9 Å². The lowest BCUT2D eigenvalue weighted by Crippen LogP contribution is -2.21. The van der Waals surface area contributed by atoms with Crippen LogP contribution in [0.4, 0.5) is 16.3 Å². The summed E-state index contributed by atoms with van der Waals surface area (Å²) in [5, 5.41) is 5.78. The Morgan fingerprint density at radius 3 is 2.50 bits per heavy atom. The number of hydrogen-bond donors (Lipinski definition) is 2. The molecule has 28 heavy (non-hydrogen) atoms. The zero-order valence-electron chi connectivity index (χ0n) is 15.6. The maximum absolute atomic E-state index is 12.7. The molecule has 0 atom stereocenters. The molecule has 2 aromatic carbocycles. The van der Waals surface area contributed by atoms with Gasteiger partial charge in [-0.2, -0.15) is 0 Å². The summed E-state index contributed by atoms with van der Waals surface area (Å²) in [6.45, 7) is 2.04. The third kappa shape index (κ3) is 3.40. The van der Waals surface area contributed by atoms with E-state index in [1.54, 1.807) is 19.2 Å². The van der Waals surface area contributed by atoms with Crippen LogP contribution in [-0.2, 0) is 0 Å². The number of rotatable bonds is 4. The minimum atomic E-state index is -0.372. The second-order valence-electron chi connectivity index (χ2n) is 6.38. The monoisotopic (exact) mass is 372 g/mol. The zero-order chi connectivity index (χ0) is 19.5. The molecule has 2 N–H and O–H groups in total. The molecule has 2 heterocycles. The highest BCUT2D eigenvalue weighted by Crippen LogP contribution is 2.29. The van der Waals surface area contributed by atoms with E-state index in [1.807, 2.05) is 72.1 Å². The maximum atomic E-state index is 12.7. The molecule has 0 aliphatic heterocycles. The van der Waals surface area contributed by atoms with Gasteiger partial charge in [-0.1, -0.05) is 48.0 Å². The molecule has 0 bridgehead atoms. The normalized spacial score (nSPS) is 10.6. The number of amides is 2. The number of nitrogens with one attached hydrogen (secondary N) is 2. The number of ether oxygens (including phenoxy) is 1. The van der Waals surface area contributed by atoms with Crippen molar-refractivity contribution in [2.75, 3.05) is 17.7 Å². The molecule has 0 fully saturated rings. The van der Waals surface area contributed by atoms with Gasteiger partial charge in [-0.05, 0) is 31.2 Å². The Labute approximate surface area is 162 Å². The average molecular weight is 372 g/mol. The molecule has 0 unspecified atom stereocenters. The van der Waals surface area contributed by atoms with Gasteiger partial charge in [0, 0.05) is 11.8 Å². The summed E-state index contributed by atoms with van der Waals surface area (Å²) in [6, 6.07) is 20.7. The number of aromatic nitrogens is 2. The molecule has 2 amide bonds. The highest BCUT2D eigenvalue weighted by molar-refractivity contribution is 6.02. The van der Waals surface area contributed by atoms with E-state index in [0.717, 1.165) is 16.8 Å². The quantitative estimate of drug-likeness (QED) is 0.532. The third-order valence-corrected chi connectivity index (χ3v) is 4.44. The standard InChI is InChI=1S/C22H20N4O2/c1-15-10-12-16(13-11-15)20-21(26-14-6-5-9-19(26)24-20)25-22(27)23-17-7-3-4-8-18(17)28-2/h3-14H,1-2H3,(H2,23,25,27). The molecule has 0 radical (unpaired) electrons. The van der Waals surface area contributed by atoms with E-state index < -0.39 is 0 Å². The van der Waals surface area contributed by atoms with E-state index in [9.17, 15) is 4.79 Å². The summed E-state index contributed by atoms with van der Waals surface area (Å²) >= 11 is 0.